The van der Waals surface area contributed by atoms with Crippen molar-refractivity contribution in [2.45, 2.75) is 47.1 Å². The number of carbonyl (C=O) groups excluding carboxylic acids is 1. The van der Waals surface area contributed by atoms with Crippen molar-refractivity contribution < 1.29 is 4.79 Å². The maximum atomic E-state index is 11.3. The second-order valence-corrected chi connectivity index (χ2v) is 4.31. The topological polar surface area (TPSA) is 20.3 Å². The van der Waals surface area contributed by atoms with Gasteiger partial charge in [-0.05, 0) is 19.8 Å². The van der Waals surface area contributed by atoms with Crippen LogP contribution in [-0.2, 0) is 4.79 Å². The van der Waals surface area contributed by atoms with Crippen molar-refractivity contribution in [1.29, 1.82) is 0 Å². The Morgan fingerprint density at radius 2 is 1.77 bits per heavy atom. The zero-order valence-corrected chi connectivity index (χ0v) is 9.63. The Morgan fingerprint density at radius 1 is 1.23 bits per heavy atom. The largest absolute Gasteiger partial charge is 0.298 e. The van der Waals surface area contributed by atoms with Crippen LogP contribution in [0.4, 0.5) is 0 Å². The van der Waals surface area contributed by atoms with Crippen LogP contribution in [0, 0.1) is 5.92 Å². The van der Waals surface area contributed by atoms with E-state index in [0.717, 1.165) is 6.54 Å². The molecule has 0 aromatic heterocycles. The summed E-state index contributed by atoms with van der Waals surface area (Å²) >= 11 is 0. The van der Waals surface area contributed by atoms with E-state index in [4.69, 9.17) is 0 Å². The molecule has 0 bridgehead atoms. The minimum Gasteiger partial charge on any atom is -0.298 e. The van der Waals surface area contributed by atoms with E-state index in [1.54, 1.807) is 0 Å². The zero-order chi connectivity index (χ0) is 10.4. The van der Waals surface area contributed by atoms with Crippen LogP contribution < -0.4 is 0 Å². The van der Waals surface area contributed by atoms with Gasteiger partial charge >= 0.3 is 0 Å². The molecule has 0 aromatic rings. The lowest BCUT2D eigenvalue weighted by atomic mass is 10.1. The van der Waals surface area contributed by atoms with Gasteiger partial charge in [-0.15, -0.1) is 0 Å². The van der Waals surface area contributed by atoms with Gasteiger partial charge in [0.25, 0.3) is 0 Å². The molecule has 13 heavy (non-hydrogen) atoms. The van der Waals surface area contributed by atoms with E-state index in [-0.39, 0.29) is 0 Å². The number of Topliss-reactive ketones (excluding diaryl/α,β-unsaturated/α-hetero) is 1. The van der Waals surface area contributed by atoms with E-state index >= 15 is 0 Å². The molecule has 0 saturated heterocycles. The average molecular weight is 185 g/mol. The summed E-state index contributed by atoms with van der Waals surface area (Å²) in [5.74, 6) is 0.974. The molecule has 0 amide bonds. The number of nitrogens with zero attached hydrogens (tertiary/aromatic N) is 1. The molecule has 78 valence electrons. The van der Waals surface area contributed by atoms with Gasteiger partial charge in [0.1, 0.15) is 5.78 Å². The molecule has 0 spiro atoms. The highest BCUT2D eigenvalue weighted by Gasteiger charge is 2.13. The maximum absolute atomic E-state index is 11.3. The second-order valence-electron chi connectivity index (χ2n) is 4.31. The first-order chi connectivity index (χ1) is 5.97. The van der Waals surface area contributed by atoms with E-state index in [9.17, 15) is 4.79 Å². The molecule has 0 aliphatic rings. The molecular formula is C11H23NO. The van der Waals surface area contributed by atoms with Gasteiger partial charge < -0.3 is 0 Å². The fourth-order valence-corrected chi connectivity index (χ4v) is 1.27. The number of hydrogen-bond donors (Lipinski definition) is 0. The summed E-state index contributed by atoms with van der Waals surface area (Å²) in [6, 6.07) is 0.470. The second kappa shape index (κ2) is 6.14. The van der Waals surface area contributed by atoms with Crippen LogP contribution in [0.2, 0.25) is 0 Å². The van der Waals surface area contributed by atoms with Crippen LogP contribution in [0.5, 0.6) is 0 Å². The van der Waals surface area contributed by atoms with Crippen LogP contribution in [0.3, 0.4) is 0 Å². The molecule has 0 aliphatic heterocycles. The summed E-state index contributed by atoms with van der Waals surface area (Å²) in [4.78, 5) is 13.5. The summed E-state index contributed by atoms with van der Waals surface area (Å²) in [7, 11) is 0. The van der Waals surface area contributed by atoms with Gasteiger partial charge in [0.05, 0.1) is 6.54 Å². The van der Waals surface area contributed by atoms with Gasteiger partial charge in [-0.3, -0.25) is 9.69 Å². The van der Waals surface area contributed by atoms with E-state index in [1.807, 2.05) is 6.92 Å². The molecule has 0 unspecified atom stereocenters. The van der Waals surface area contributed by atoms with Gasteiger partial charge in [0.2, 0.25) is 0 Å². The highest BCUT2D eigenvalue weighted by atomic mass is 16.1. The number of carbonyl (C=O) groups is 1. The number of hydrogen-bond acceptors (Lipinski definition) is 2. The summed E-state index contributed by atoms with van der Waals surface area (Å²) in [5, 5.41) is 0. The Balaban J connectivity index is 4.02. The summed E-state index contributed by atoms with van der Waals surface area (Å²) in [6.45, 7) is 12.2. The smallest absolute Gasteiger partial charge is 0.146 e. The van der Waals surface area contributed by atoms with Gasteiger partial charge in [-0.2, -0.15) is 0 Å². The molecule has 0 rings (SSSR count). The fourth-order valence-electron chi connectivity index (χ4n) is 1.27. The van der Waals surface area contributed by atoms with Crippen LogP contribution in [0.1, 0.15) is 41.0 Å². The highest BCUT2D eigenvalue weighted by Crippen LogP contribution is 2.04. The SMILES string of the molecule is CCC(=O)CN(CC(C)C)C(C)C. The lowest BCUT2D eigenvalue weighted by Crippen LogP contribution is -2.38. The summed E-state index contributed by atoms with van der Waals surface area (Å²) in [6.07, 6.45) is 0.654. The quantitative estimate of drug-likeness (QED) is 0.633. The molecule has 2 nitrogen and oxygen atoms in total. The Morgan fingerprint density at radius 3 is 2.08 bits per heavy atom. The Hall–Kier alpha value is -0.370. The Labute approximate surface area is 82.3 Å². The minimum atomic E-state index is 0.342. The minimum absolute atomic E-state index is 0.342. The van der Waals surface area contributed by atoms with E-state index in [2.05, 4.69) is 32.6 Å². The van der Waals surface area contributed by atoms with Crippen LogP contribution in [0.25, 0.3) is 0 Å². The van der Waals surface area contributed by atoms with Gasteiger partial charge in [-0.25, -0.2) is 0 Å². The first-order valence-corrected chi connectivity index (χ1v) is 5.23. The third-order valence-corrected chi connectivity index (χ3v) is 2.10. The van der Waals surface area contributed by atoms with Gasteiger partial charge in [-0.1, -0.05) is 20.8 Å². The Bertz CT molecular complexity index is 152. The van der Waals surface area contributed by atoms with Gasteiger partial charge in [0, 0.05) is 19.0 Å². The Kier molecular flexibility index (Phi) is 5.97. The van der Waals surface area contributed by atoms with Gasteiger partial charge in [0.15, 0.2) is 0 Å². The van der Waals surface area contributed by atoms with Crippen molar-refractivity contribution in [3.8, 4) is 0 Å². The third-order valence-electron chi connectivity index (χ3n) is 2.10. The number of rotatable bonds is 6. The predicted octanol–water partition coefficient (Wildman–Crippen LogP) is 2.33. The fraction of sp³-hybridized carbons (Fsp3) is 0.909. The highest BCUT2D eigenvalue weighted by molar-refractivity contribution is 5.80. The van der Waals surface area contributed by atoms with Crippen molar-refractivity contribution in [2.75, 3.05) is 13.1 Å². The average Bonchev–Trinajstić information content (AvgIpc) is 2.02. The van der Waals surface area contributed by atoms with E-state index in [0.29, 0.717) is 30.7 Å². The van der Waals surface area contributed by atoms with Crippen molar-refractivity contribution in [3.63, 3.8) is 0 Å². The standard InChI is InChI=1S/C11H23NO/c1-6-11(13)8-12(10(4)5)7-9(2)3/h9-10H,6-8H2,1-5H3. The normalized spacial score (nSPS) is 11.7. The molecule has 0 fully saturated rings. The maximum Gasteiger partial charge on any atom is 0.146 e. The molecule has 0 N–H and O–H groups in total. The molecule has 0 radical (unpaired) electrons. The van der Waals surface area contributed by atoms with Crippen LogP contribution in [-0.4, -0.2) is 29.8 Å². The molecule has 0 aliphatic carbocycles. The van der Waals surface area contributed by atoms with Crippen molar-refractivity contribution in [2.24, 2.45) is 5.92 Å². The van der Waals surface area contributed by atoms with Crippen LogP contribution >= 0.6 is 0 Å². The predicted molar refractivity (Wildman–Crippen MR) is 56.8 cm³/mol. The summed E-state index contributed by atoms with van der Waals surface area (Å²) < 4.78 is 0. The lowest BCUT2D eigenvalue weighted by Gasteiger charge is -2.27. The molecule has 0 atom stereocenters. The molecule has 0 heterocycles. The van der Waals surface area contributed by atoms with E-state index in [1.165, 1.54) is 0 Å². The molecule has 0 saturated carbocycles. The summed E-state index contributed by atoms with van der Waals surface area (Å²) in [5.41, 5.74) is 0. The molecular weight excluding hydrogens is 162 g/mol. The first-order valence-electron chi connectivity index (χ1n) is 5.23. The first kappa shape index (κ1) is 12.6. The zero-order valence-electron chi connectivity index (χ0n) is 9.63. The molecule has 2 heteroatoms. The van der Waals surface area contributed by atoms with Crippen LogP contribution in [0.15, 0.2) is 0 Å². The van der Waals surface area contributed by atoms with Crippen molar-refractivity contribution in [1.82, 2.24) is 4.90 Å². The van der Waals surface area contributed by atoms with Crippen molar-refractivity contribution in [3.05, 3.63) is 0 Å². The van der Waals surface area contributed by atoms with Crippen molar-refractivity contribution >= 4 is 5.78 Å². The monoisotopic (exact) mass is 185 g/mol. The lowest BCUT2D eigenvalue weighted by molar-refractivity contribution is -0.120. The number of ketones is 1. The molecule has 0 aromatic carbocycles. The third kappa shape index (κ3) is 5.81. The van der Waals surface area contributed by atoms with E-state index < -0.39 is 0 Å².